The Balaban J connectivity index is 1.80. The van der Waals surface area contributed by atoms with Gasteiger partial charge in [-0.3, -0.25) is 0 Å². The van der Waals surface area contributed by atoms with Crippen molar-refractivity contribution in [1.82, 2.24) is 0 Å². The molecule has 28 heavy (non-hydrogen) atoms. The van der Waals surface area contributed by atoms with Crippen LogP contribution in [0.4, 0.5) is 5.69 Å². The summed E-state index contributed by atoms with van der Waals surface area (Å²) in [5.41, 5.74) is 0.613. The zero-order valence-corrected chi connectivity index (χ0v) is 17.2. The normalized spacial score (nSPS) is 21.5. The molecule has 6 nitrogen and oxygen atoms in total. The first-order valence-electron chi connectivity index (χ1n) is 9.24. The Morgan fingerprint density at radius 3 is 2.39 bits per heavy atom. The molecule has 0 saturated heterocycles. The predicted molar refractivity (Wildman–Crippen MR) is 111 cm³/mol. The van der Waals surface area contributed by atoms with Gasteiger partial charge in [-0.05, 0) is 54.6 Å². The van der Waals surface area contributed by atoms with Gasteiger partial charge in [0, 0.05) is 17.4 Å². The first-order chi connectivity index (χ1) is 13.6. The van der Waals surface area contributed by atoms with Crippen molar-refractivity contribution in [2.45, 2.75) is 12.1 Å². The molecule has 0 radical (unpaired) electrons. The second kappa shape index (κ2) is 7.56. The zero-order chi connectivity index (χ0) is 19.7. The van der Waals surface area contributed by atoms with E-state index in [4.69, 9.17) is 14.2 Å². The van der Waals surface area contributed by atoms with Gasteiger partial charge in [0.2, 0.25) is 0 Å². The Morgan fingerprint density at radius 2 is 1.71 bits per heavy atom. The van der Waals surface area contributed by atoms with E-state index in [-0.39, 0.29) is 0 Å². The highest BCUT2D eigenvalue weighted by molar-refractivity contribution is 8.13. The van der Waals surface area contributed by atoms with Crippen LogP contribution in [0.1, 0.15) is 12.0 Å². The monoisotopic (exact) mass is 401 g/mol. The van der Waals surface area contributed by atoms with E-state index in [1.54, 1.807) is 33.1 Å². The molecule has 0 aromatic heterocycles. The lowest BCUT2D eigenvalue weighted by molar-refractivity contribution is -0.656. The molecule has 0 bridgehead atoms. The zero-order valence-electron chi connectivity index (χ0n) is 16.3. The number of ether oxygens (including phenoxy) is 3. The number of thioether (sulfide) groups is 1. The highest BCUT2D eigenvalue weighted by atomic mass is 32.2. The number of nitrogens with zero attached hydrogens (tertiary/aromatic N) is 2. The van der Waals surface area contributed by atoms with Crippen molar-refractivity contribution in [3.05, 3.63) is 48.0 Å². The lowest BCUT2D eigenvalue weighted by Crippen LogP contribution is -2.41. The molecule has 1 N–H and O–H groups in total. The number of anilines is 1. The molecule has 4 rings (SSSR count). The number of methoxy groups -OCH3 is 3. The summed E-state index contributed by atoms with van der Waals surface area (Å²) in [5.74, 6) is 3.30. The van der Waals surface area contributed by atoms with E-state index < -0.39 is 5.72 Å². The minimum Gasteiger partial charge on any atom is -0.497 e. The Hall–Kier alpha value is -2.38. The number of rotatable bonds is 5. The third kappa shape index (κ3) is 3.08. The topological polar surface area (TPSA) is 54.2 Å². The second-order valence-electron chi connectivity index (χ2n) is 6.81. The van der Waals surface area contributed by atoms with Crippen molar-refractivity contribution in [1.29, 1.82) is 0 Å². The molecule has 2 heterocycles. The van der Waals surface area contributed by atoms with Gasteiger partial charge in [-0.1, -0.05) is 0 Å². The minimum atomic E-state index is -1.12. The fourth-order valence-electron chi connectivity index (χ4n) is 3.80. The Labute approximate surface area is 169 Å². The van der Waals surface area contributed by atoms with Crippen molar-refractivity contribution in [3.63, 3.8) is 0 Å². The SMILES string of the molecule is COc1ccc([C@]2(O)CN(c3cc(OC)ccc3OC)C3=[N+]2CCCS3)cc1. The van der Waals surface area contributed by atoms with E-state index in [0.717, 1.165) is 52.4 Å². The van der Waals surface area contributed by atoms with Crippen molar-refractivity contribution in [2.24, 2.45) is 0 Å². The fourth-order valence-corrected chi connectivity index (χ4v) is 4.97. The van der Waals surface area contributed by atoms with Gasteiger partial charge in [-0.25, -0.2) is 9.48 Å². The van der Waals surface area contributed by atoms with Crippen LogP contribution in [-0.4, -0.2) is 55.0 Å². The van der Waals surface area contributed by atoms with Crippen LogP contribution in [0, 0.1) is 0 Å². The van der Waals surface area contributed by atoms with E-state index in [9.17, 15) is 5.11 Å². The van der Waals surface area contributed by atoms with E-state index in [1.165, 1.54) is 0 Å². The number of hydrogen-bond donors (Lipinski definition) is 1. The largest absolute Gasteiger partial charge is 0.497 e. The molecule has 2 aromatic rings. The van der Waals surface area contributed by atoms with Crippen molar-refractivity contribution in [3.8, 4) is 17.2 Å². The molecular weight excluding hydrogens is 376 g/mol. The predicted octanol–water partition coefficient (Wildman–Crippen LogP) is 2.88. The summed E-state index contributed by atoms with van der Waals surface area (Å²) in [4.78, 5) is 2.13. The van der Waals surface area contributed by atoms with Gasteiger partial charge in [0.15, 0.2) is 18.0 Å². The van der Waals surface area contributed by atoms with E-state index >= 15 is 0 Å². The van der Waals surface area contributed by atoms with Crippen molar-refractivity contribution in [2.75, 3.05) is 45.1 Å². The van der Waals surface area contributed by atoms with Crippen molar-refractivity contribution < 1.29 is 23.9 Å². The maximum Gasteiger partial charge on any atom is 0.316 e. The number of β-amino-alcohol motifs (C(OH)–C–C–N with tert-alkyl or cyclic N) is 1. The Morgan fingerprint density at radius 1 is 1.00 bits per heavy atom. The van der Waals surface area contributed by atoms with Gasteiger partial charge in [0.05, 0.1) is 27.9 Å². The maximum atomic E-state index is 11.8. The Bertz CT molecular complexity index is 900. The quantitative estimate of drug-likeness (QED) is 0.778. The van der Waals surface area contributed by atoms with Crippen LogP contribution in [0.3, 0.4) is 0 Å². The van der Waals surface area contributed by atoms with Crippen LogP contribution in [0.5, 0.6) is 17.2 Å². The third-order valence-corrected chi connectivity index (χ3v) is 6.47. The van der Waals surface area contributed by atoms with Crippen LogP contribution in [0.25, 0.3) is 0 Å². The number of benzene rings is 2. The van der Waals surface area contributed by atoms with Crippen LogP contribution in [-0.2, 0) is 5.72 Å². The van der Waals surface area contributed by atoms with Crippen molar-refractivity contribution >= 4 is 22.6 Å². The molecule has 0 amide bonds. The number of amidine groups is 1. The highest BCUT2D eigenvalue weighted by Gasteiger charge is 2.53. The van der Waals surface area contributed by atoms with Gasteiger partial charge < -0.3 is 19.3 Å². The molecule has 7 heteroatoms. The fraction of sp³-hybridized carbons (Fsp3) is 0.381. The average Bonchev–Trinajstić information content (AvgIpc) is 3.07. The second-order valence-corrected chi connectivity index (χ2v) is 7.87. The third-order valence-electron chi connectivity index (χ3n) is 5.27. The lowest BCUT2D eigenvalue weighted by atomic mass is 10.0. The first kappa shape index (κ1) is 19.0. The smallest absolute Gasteiger partial charge is 0.316 e. The standard InChI is InChI=1S/C21H25N2O4S/c1-25-16-7-5-15(6-8-16)21(24)14-22(20-23(21)11-4-12-28-20)18-13-17(26-2)9-10-19(18)27-3/h5-10,13,24H,4,11-12,14H2,1-3H3/q+1/t21-/m1/s1. The van der Waals surface area contributed by atoms with Gasteiger partial charge in [-0.15, -0.1) is 0 Å². The molecule has 0 aliphatic carbocycles. The summed E-state index contributed by atoms with van der Waals surface area (Å²) in [5, 5.41) is 12.8. The molecule has 0 spiro atoms. The maximum absolute atomic E-state index is 11.8. The highest BCUT2D eigenvalue weighted by Crippen LogP contribution is 2.42. The summed E-state index contributed by atoms with van der Waals surface area (Å²) in [6.45, 7) is 1.21. The van der Waals surface area contributed by atoms with Crippen LogP contribution in [0.15, 0.2) is 42.5 Å². The summed E-state index contributed by atoms with van der Waals surface area (Å²) in [7, 11) is 4.95. The molecule has 0 fully saturated rings. The lowest BCUT2D eigenvalue weighted by Gasteiger charge is -2.24. The van der Waals surface area contributed by atoms with E-state index in [1.807, 2.05) is 42.5 Å². The summed E-state index contributed by atoms with van der Waals surface area (Å²) >= 11 is 1.76. The molecular formula is C21H25N2O4S+. The summed E-state index contributed by atoms with van der Waals surface area (Å²) < 4.78 is 18.4. The van der Waals surface area contributed by atoms with Crippen LogP contribution < -0.4 is 19.1 Å². The first-order valence-corrected chi connectivity index (χ1v) is 10.2. The van der Waals surface area contributed by atoms with Crippen LogP contribution in [0.2, 0.25) is 0 Å². The summed E-state index contributed by atoms with van der Waals surface area (Å²) in [6, 6.07) is 13.4. The summed E-state index contributed by atoms with van der Waals surface area (Å²) in [6.07, 6.45) is 1.02. The average molecular weight is 402 g/mol. The number of aliphatic hydroxyl groups is 1. The Kier molecular flexibility index (Phi) is 5.12. The minimum absolute atomic E-state index is 0.408. The van der Waals surface area contributed by atoms with Gasteiger partial charge in [0.1, 0.15) is 11.5 Å². The molecule has 2 aliphatic rings. The molecule has 0 saturated carbocycles. The molecule has 1 atom stereocenters. The van der Waals surface area contributed by atoms with Gasteiger partial charge in [0.25, 0.3) is 5.72 Å². The molecule has 2 aromatic carbocycles. The van der Waals surface area contributed by atoms with E-state index in [0.29, 0.717) is 6.54 Å². The number of hydrogen-bond acceptors (Lipinski definition) is 6. The van der Waals surface area contributed by atoms with Gasteiger partial charge in [-0.2, -0.15) is 0 Å². The van der Waals surface area contributed by atoms with E-state index in [2.05, 4.69) is 9.48 Å². The van der Waals surface area contributed by atoms with Gasteiger partial charge >= 0.3 is 5.17 Å². The van der Waals surface area contributed by atoms with Crippen LogP contribution >= 0.6 is 11.8 Å². The molecule has 0 unspecified atom stereocenters. The molecule has 2 aliphatic heterocycles. The molecule has 148 valence electrons.